The number of sulfone groups is 1. The van der Waals surface area contributed by atoms with Gasteiger partial charge in [-0.05, 0) is 18.2 Å². The Morgan fingerprint density at radius 2 is 1.54 bits per heavy atom. The zero-order valence-corrected chi connectivity index (χ0v) is 12.6. The maximum atomic E-state index is 12.9. The molecule has 1 aromatic heterocycles. The molecule has 24 heavy (non-hydrogen) atoms. The molecule has 0 amide bonds. The van der Waals surface area contributed by atoms with Gasteiger partial charge in [0.2, 0.25) is 15.0 Å². The molecule has 2 rings (SSSR count). The maximum Gasteiger partial charge on any atom is 0.433 e. The molecule has 0 spiro atoms. The van der Waals surface area contributed by atoms with Gasteiger partial charge in [-0.2, -0.15) is 26.3 Å². The molecule has 0 saturated heterocycles. The highest BCUT2D eigenvalue weighted by Gasteiger charge is 2.35. The van der Waals surface area contributed by atoms with Gasteiger partial charge in [0, 0.05) is 11.8 Å². The van der Waals surface area contributed by atoms with E-state index in [2.05, 4.69) is 9.97 Å². The van der Waals surface area contributed by atoms with Gasteiger partial charge in [0.1, 0.15) is 5.69 Å². The van der Waals surface area contributed by atoms with Crippen LogP contribution in [-0.4, -0.2) is 24.6 Å². The molecule has 4 nitrogen and oxygen atoms in total. The summed E-state index contributed by atoms with van der Waals surface area (Å²) in [6.07, 6.45) is -9.10. The zero-order valence-electron chi connectivity index (χ0n) is 11.8. The average molecular weight is 370 g/mol. The van der Waals surface area contributed by atoms with Crippen molar-refractivity contribution >= 4 is 9.84 Å². The van der Waals surface area contributed by atoms with Gasteiger partial charge < -0.3 is 0 Å². The van der Waals surface area contributed by atoms with Crippen LogP contribution in [0.5, 0.6) is 0 Å². The van der Waals surface area contributed by atoms with Crippen LogP contribution in [0, 0.1) is 0 Å². The smallest absolute Gasteiger partial charge is 0.221 e. The first-order valence-electron chi connectivity index (χ1n) is 6.12. The van der Waals surface area contributed by atoms with Gasteiger partial charge >= 0.3 is 12.4 Å². The van der Waals surface area contributed by atoms with Crippen LogP contribution in [0.4, 0.5) is 26.3 Å². The van der Waals surface area contributed by atoms with E-state index in [0.717, 1.165) is 18.2 Å². The second-order valence-electron chi connectivity index (χ2n) is 4.77. The highest BCUT2D eigenvalue weighted by atomic mass is 32.2. The van der Waals surface area contributed by atoms with Gasteiger partial charge in [0.05, 0.1) is 11.3 Å². The van der Waals surface area contributed by atoms with Crippen LogP contribution < -0.4 is 0 Å². The van der Waals surface area contributed by atoms with E-state index in [9.17, 15) is 34.8 Å². The first-order valence-corrected chi connectivity index (χ1v) is 8.01. The number of halogens is 6. The van der Waals surface area contributed by atoms with E-state index in [0.29, 0.717) is 18.4 Å². The molecule has 0 unspecified atom stereocenters. The summed E-state index contributed by atoms with van der Waals surface area (Å²) in [6.45, 7) is 0. The summed E-state index contributed by atoms with van der Waals surface area (Å²) in [5, 5.41) is -1.12. The van der Waals surface area contributed by atoms with Gasteiger partial charge in [-0.25, -0.2) is 18.4 Å². The fourth-order valence-corrected chi connectivity index (χ4v) is 2.27. The third-order valence-corrected chi connectivity index (χ3v) is 3.66. The standard InChI is InChI=1S/C13H8F6N2O2S/c1-24(22,23)11-20-9(6-10(21-11)13(17,18)19)7-3-2-4-8(5-7)12(14,15)16/h2-6H,1H3. The van der Waals surface area contributed by atoms with E-state index in [1.807, 2.05) is 0 Å². The van der Waals surface area contributed by atoms with Crippen LogP contribution in [0.1, 0.15) is 11.3 Å². The quantitative estimate of drug-likeness (QED) is 0.599. The average Bonchev–Trinajstić information content (AvgIpc) is 2.44. The highest BCUT2D eigenvalue weighted by Crippen LogP contribution is 2.34. The summed E-state index contributed by atoms with van der Waals surface area (Å²) in [4.78, 5) is 6.37. The van der Waals surface area contributed by atoms with Gasteiger partial charge in [-0.15, -0.1) is 0 Å². The SMILES string of the molecule is CS(=O)(=O)c1nc(-c2cccc(C(F)(F)F)c2)cc(C(F)(F)F)n1. The number of rotatable bonds is 2. The summed E-state index contributed by atoms with van der Waals surface area (Å²) >= 11 is 0. The van der Waals surface area contributed by atoms with Crippen molar-refractivity contribution in [2.45, 2.75) is 17.5 Å². The molecule has 1 heterocycles. The predicted octanol–water partition coefficient (Wildman–Crippen LogP) is 3.58. The molecule has 0 fully saturated rings. The molecule has 0 radical (unpaired) electrons. The first-order chi connectivity index (χ1) is 10.8. The monoisotopic (exact) mass is 370 g/mol. The van der Waals surface area contributed by atoms with Gasteiger partial charge in [0.25, 0.3) is 0 Å². The van der Waals surface area contributed by atoms with E-state index in [-0.39, 0.29) is 5.56 Å². The number of benzene rings is 1. The fourth-order valence-electron chi connectivity index (χ4n) is 1.74. The van der Waals surface area contributed by atoms with Crippen LogP contribution in [0.2, 0.25) is 0 Å². The number of nitrogens with zero attached hydrogens (tertiary/aromatic N) is 2. The van der Waals surface area contributed by atoms with Crippen LogP contribution >= 0.6 is 0 Å². The van der Waals surface area contributed by atoms with E-state index < -0.39 is 44.3 Å². The van der Waals surface area contributed by atoms with E-state index in [4.69, 9.17) is 0 Å². The lowest BCUT2D eigenvalue weighted by Gasteiger charge is -2.11. The van der Waals surface area contributed by atoms with Gasteiger partial charge in [-0.1, -0.05) is 12.1 Å². The Bertz CT molecular complexity index is 875. The Kier molecular flexibility index (Phi) is 4.33. The third kappa shape index (κ3) is 4.02. The summed E-state index contributed by atoms with van der Waals surface area (Å²) in [7, 11) is -4.20. The van der Waals surface area contributed by atoms with E-state index in [1.165, 1.54) is 0 Å². The van der Waals surface area contributed by atoms with Crippen LogP contribution in [-0.2, 0) is 22.2 Å². The van der Waals surface area contributed by atoms with Crippen molar-refractivity contribution in [3.05, 3.63) is 41.6 Å². The molecule has 0 atom stereocenters. The van der Waals surface area contributed by atoms with Crippen molar-refractivity contribution < 1.29 is 34.8 Å². The van der Waals surface area contributed by atoms with Crippen molar-refractivity contribution in [2.24, 2.45) is 0 Å². The molecule has 2 aromatic rings. The normalized spacial score (nSPS) is 13.1. The summed E-state index contributed by atoms with van der Waals surface area (Å²) in [5.41, 5.74) is -3.56. The molecule has 0 aliphatic heterocycles. The molecular formula is C13H8F6N2O2S. The van der Waals surface area contributed by atoms with Crippen molar-refractivity contribution in [1.29, 1.82) is 0 Å². The number of alkyl halides is 6. The van der Waals surface area contributed by atoms with Crippen molar-refractivity contribution in [3.63, 3.8) is 0 Å². The predicted molar refractivity (Wildman–Crippen MR) is 70.6 cm³/mol. The molecule has 0 aliphatic carbocycles. The molecule has 11 heteroatoms. The van der Waals surface area contributed by atoms with Crippen LogP contribution in [0.3, 0.4) is 0 Å². The Hall–Kier alpha value is -2.17. The Morgan fingerprint density at radius 1 is 0.917 bits per heavy atom. The minimum Gasteiger partial charge on any atom is -0.221 e. The lowest BCUT2D eigenvalue weighted by atomic mass is 10.1. The van der Waals surface area contributed by atoms with E-state index >= 15 is 0 Å². The molecule has 1 aromatic carbocycles. The second kappa shape index (κ2) is 5.72. The number of aromatic nitrogens is 2. The number of hydrogen-bond donors (Lipinski definition) is 0. The maximum absolute atomic E-state index is 12.9. The first kappa shape index (κ1) is 18.2. The lowest BCUT2D eigenvalue weighted by molar-refractivity contribution is -0.141. The van der Waals surface area contributed by atoms with E-state index in [1.54, 1.807) is 0 Å². The fraction of sp³-hybridized carbons (Fsp3) is 0.231. The minimum absolute atomic E-state index is 0.317. The largest absolute Gasteiger partial charge is 0.433 e. The molecule has 0 aliphatic rings. The molecule has 0 saturated carbocycles. The lowest BCUT2D eigenvalue weighted by Crippen LogP contribution is -2.14. The third-order valence-electron chi connectivity index (χ3n) is 2.81. The van der Waals surface area contributed by atoms with Crippen molar-refractivity contribution in [2.75, 3.05) is 6.26 Å². The summed E-state index contributed by atoms with van der Waals surface area (Å²) in [6, 6.07) is 3.77. The highest BCUT2D eigenvalue weighted by molar-refractivity contribution is 7.90. The Balaban J connectivity index is 2.71. The molecular weight excluding hydrogens is 362 g/mol. The Morgan fingerprint density at radius 3 is 2.04 bits per heavy atom. The summed E-state index contributed by atoms with van der Waals surface area (Å²) in [5.74, 6) is 0. The zero-order chi connectivity index (χ0) is 18.3. The molecule has 0 N–H and O–H groups in total. The topological polar surface area (TPSA) is 59.9 Å². The van der Waals surface area contributed by atoms with Crippen molar-refractivity contribution in [3.8, 4) is 11.3 Å². The molecule has 0 bridgehead atoms. The Labute approximate surface area is 132 Å². The minimum atomic E-state index is -4.99. The van der Waals surface area contributed by atoms with Crippen LogP contribution in [0.15, 0.2) is 35.5 Å². The molecule has 130 valence electrons. The summed E-state index contributed by atoms with van der Waals surface area (Å²) < 4.78 is 99.6. The number of hydrogen-bond acceptors (Lipinski definition) is 4. The van der Waals surface area contributed by atoms with Gasteiger partial charge in [0.15, 0.2) is 0 Å². The van der Waals surface area contributed by atoms with Crippen LogP contribution in [0.25, 0.3) is 11.3 Å². The second-order valence-corrected chi connectivity index (χ2v) is 6.68. The van der Waals surface area contributed by atoms with Crippen molar-refractivity contribution in [1.82, 2.24) is 9.97 Å². The van der Waals surface area contributed by atoms with Gasteiger partial charge in [-0.3, -0.25) is 0 Å².